The average Bonchev–Trinajstić information content (AvgIpc) is 2.42. The molecule has 0 heterocycles. The van der Waals surface area contributed by atoms with Gasteiger partial charge in [-0.2, -0.15) is 0 Å². The Bertz CT molecular complexity index is 573. The second kappa shape index (κ2) is 6.11. The van der Waals surface area contributed by atoms with E-state index in [9.17, 15) is 4.79 Å². The maximum atomic E-state index is 11.7. The fraction of sp³-hybridized carbons (Fsp3) is 0.0714. The Balaban J connectivity index is 1.93. The van der Waals surface area contributed by atoms with Crippen LogP contribution in [0.1, 0.15) is 0 Å². The number of carbonyl (C=O) groups excluding carboxylic acids is 1. The van der Waals surface area contributed by atoms with Gasteiger partial charge in [-0.3, -0.25) is 4.79 Å². The molecule has 0 aliphatic carbocycles. The Morgan fingerprint density at radius 1 is 1.21 bits per heavy atom. The topological polar surface area (TPSA) is 64.3 Å². The summed E-state index contributed by atoms with van der Waals surface area (Å²) in [5.74, 6) is 0.340. The number of nitrogen functional groups attached to an aromatic ring is 1. The van der Waals surface area contributed by atoms with Crippen molar-refractivity contribution in [3.8, 4) is 5.75 Å². The van der Waals surface area contributed by atoms with E-state index in [0.717, 1.165) is 0 Å². The molecule has 2 aromatic carbocycles. The Morgan fingerprint density at radius 2 is 1.95 bits per heavy atom. The molecule has 0 radical (unpaired) electrons. The van der Waals surface area contributed by atoms with E-state index in [1.807, 2.05) is 18.2 Å². The van der Waals surface area contributed by atoms with E-state index in [2.05, 4.69) is 5.32 Å². The van der Waals surface area contributed by atoms with Gasteiger partial charge in [-0.15, -0.1) is 0 Å². The Kier molecular flexibility index (Phi) is 4.26. The first-order valence-corrected chi connectivity index (χ1v) is 6.05. The van der Waals surface area contributed by atoms with Gasteiger partial charge >= 0.3 is 0 Å². The van der Waals surface area contributed by atoms with Crippen molar-refractivity contribution in [3.05, 3.63) is 53.6 Å². The minimum Gasteiger partial charge on any atom is -0.484 e. The molecule has 3 N–H and O–H groups in total. The van der Waals surface area contributed by atoms with Gasteiger partial charge in [0.25, 0.3) is 5.91 Å². The number of nitrogens with two attached hydrogens (primary N) is 1. The minimum absolute atomic E-state index is 0.0882. The van der Waals surface area contributed by atoms with Crippen molar-refractivity contribution >= 4 is 28.9 Å². The number of nitrogens with one attached hydrogen (secondary N) is 1. The van der Waals surface area contributed by atoms with Crippen molar-refractivity contribution in [1.29, 1.82) is 0 Å². The Labute approximate surface area is 116 Å². The quantitative estimate of drug-likeness (QED) is 0.844. The lowest BCUT2D eigenvalue weighted by molar-refractivity contribution is -0.118. The molecule has 5 heteroatoms. The first kappa shape index (κ1) is 13.2. The van der Waals surface area contributed by atoms with E-state index in [4.69, 9.17) is 22.1 Å². The molecule has 2 rings (SSSR count). The monoisotopic (exact) mass is 276 g/mol. The van der Waals surface area contributed by atoms with Crippen molar-refractivity contribution < 1.29 is 9.53 Å². The van der Waals surface area contributed by atoms with Crippen LogP contribution in [0.25, 0.3) is 0 Å². The molecule has 0 unspecified atom stereocenters. The lowest BCUT2D eigenvalue weighted by Gasteiger charge is -2.09. The second-order valence-corrected chi connectivity index (χ2v) is 4.30. The van der Waals surface area contributed by atoms with Crippen LogP contribution in [0.15, 0.2) is 48.5 Å². The zero-order chi connectivity index (χ0) is 13.7. The van der Waals surface area contributed by atoms with Gasteiger partial charge in [0.1, 0.15) is 5.75 Å². The summed E-state index contributed by atoms with van der Waals surface area (Å²) in [6, 6.07) is 14.0. The standard InChI is InChI=1S/C14H13ClN2O2/c15-12-7-6-10(16)8-13(12)17-14(18)9-19-11-4-2-1-3-5-11/h1-8H,9,16H2,(H,17,18). The number of rotatable bonds is 4. The van der Waals surface area contributed by atoms with E-state index in [1.165, 1.54) is 0 Å². The molecule has 0 aliphatic heterocycles. The summed E-state index contributed by atoms with van der Waals surface area (Å²) < 4.78 is 5.32. The smallest absolute Gasteiger partial charge is 0.262 e. The van der Waals surface area contributed by atoms with Crippen LogP contribution < -0.4 is 15.8 Å². The predicted octanol–water partition coefficient (Wildman–Crippen LogP) is 2.94. The first-order valence-electron chi connectivity index (χ1n) is 5.68. The summed E-state index contributed by atoms with van der Waals surface area (Å²) in [5.41, 5.74) is 6.63. The number of amides is 1. The van der Waals surface area contributed by atoms with E-state index in [0.29, 0.717) is 22.1 Å². The van der Waals surface area contributed by atoms with Gasteiger partial charge in [0.15, 0.2) is 6.61 Å². The summed E-state index contributed by atoms with van der Waals surface area (Å²) in [4.78, 5) is 11.7. The second-order valence-electron chi connectivity index (χ2n) is 3.89. The van der Waals surface area contributed by atoms with Crippen LogP contribution in [0.4, 0.5) is 11.4 Å². The molecular formula is C14H13ClN2O2. The Morgan fingerprint density at radius 3 is 2.68 bits per heavy atom. The first-order chi connectivity index (χ1) is 9.15. The Hall–Kier alpha value is -2.20. The van der Waals surface area contributed by atoms with Crippen LogP contribution in [0.2, 0.25) is 5.02 Å². The lowest BCUT2D eigenvalue weighted by atomic mass is 10.3. The fourth-order valence-corrected chi connectivity index (χ4v) is 1.66. The summed E-state index contributed by atoms with van der Waals surface area (Å²) in [6.45, 7) is -0.0882. The number of carbonyl (C=O) groups is 1. The molecule has 1 amide bonds. The molecule has 0 saturated heterocycles. The number of hydrogen-bond acceptors (Lipinski definition) is 3. The highest BCUT2D eigenvalue weighted by molar-refractivity contribution is 6.33. The van der Waals surface area contributed by atoms with Gasteiger partial charge in [-0.25, -0.2) is 0 Å². The molecule has 0 bridgehead atoms. The third-order valence-corrected chi connectivity index (χ3v) is 2.71. The molecule has 98 valence electrons. The lowest BCUT2D eigenvalue weighted by Crippen LogP contribution is -2.20. The van der Waals surface area contributed by atoms with Crippen molar-refractivity contribution in [3.63, 3.8) is 0 Å². The third kappa shape index (κ3) is 3.89. The summed E-state index contributed by atoms with van der Waals surface area (Å²) >= 11 is 5.95. The predicted molar refractivity (Wildman–Crippen MR) is 76.4 cm³/mol. The van der Waals surface area contributed by atoms with Crippen molar-refractivity contribution in [2.75, 3.05) is 17.7 Å². The fourth-order valence-electron chi connectivity index (χ4n) is 1.49. The van der Waals surface area contributed by atoms with Crippen molar-refractivity contribution in [2.24, 2.45) is 0 Å². The van der Waals surface area contributed by atoms with Crippen molar-refractivity contribution in [2.45, 2.75) is 0 Å². The van der Waals surface area contributed by atoms with Crippen LogP contribution >= 0.6 is 11.6 Å². The van der Waals surface area contributed by atoms with Gasteiger partial charge in [0.05, 0.1) is 10.7 Å². The molecule has 0 aromatic heterocycles. The van der Waals surface area contributed by atoms with Crippen LogP contribution in [-0.4, -0.2) is 12.5 Å². The molecule has 19 heavy (non-hydrogen) atoms. The largest absolute Gasteiger partial charge is 0.484 e. The molecule has 0 saturated carbocycles. The number of ether oxygens (including phenoxy) is 1. The van der Waals surface area contributed by atoms with Crippen LogP contribution in [0.3, 0.4) is 0 Å². The van der Waals surface area contributed by atoms with Gasteiger partial charge in [-0.1, -0.05) is 29.8 Å². The molecular weight excluding hydrogens is 264 g/mol. The molecule has 2 aromatic rings. The SMILES string of the molecule is Nc1ccc(Cl)c(NC(=O)COc2ccccc2)c1. The summed E-state index contributed by atoms with van der Waals surface area (Å²) in [7, 11) is 0. The zero-order valence-corrected chi connectivity index (χ0v) is 10.9. The normalized spacial score (nSPS) is 9.95. The average molecular weight is 277 g/mol. The van der Waals surface area contributed by atoms with Crippen LogP contribution in [0.5, 0.6) is 5.75 Å². The van der Waals surface area contributed by atoms with Gasteiger partial charge in [-0.05, 0) is 30.3 Å². The van der Waals surface area contributed by atoms with Gasteiger partial charge in [0.2, 0.25) is 0 Å². The minimum atomic E-state index is -0.295. The van der Waals surface area contributed by atoms with E-state index in [1.54, 1.807) is 30.3 Å². The highest BCUT2D eigenvalue weighted by atomic mass is 35.5. The summed E-state index contributed by atoms with van der Waals surface area (Å²) in [5, 5.41) is 3.08. The van der Waals surface area contributed by atoms with E-state index in [-0.39, 0.29) is 12.5 Å². The number of hydrogen-bond donors (Lipinski definition) is 2. The summed E-state index contributed by atoms with van der Waals surface area (Å²) in [6.07, 6.45) is 0. The highest BCUT2D eigenvalue weighted by Crippen LogP contribution is 2.23. The molecule has 0 aliphatic rings. The molecule has 0 fully saturated rings. The van der Waals surface area contributed by atoms with E-state index < -0.39 is 0 Å². The maximum Gasteiger partial charge on any atom is 0.262 e. The molecule has 4 nitrogen and oxygen atoms in total. The zero-order valence-electron chi connectivity index (χ0n) is 10.1. The number of halogens is 1. The molecule has 0 spiro atoms. The van der Waals surface area contributed by atoms with Crippen molar-refractivity contribution in [1.82, 2.24) is 0 Å². The van der Waals surface area contributed by atoms with Gasteiger partial charge < -0.3 is 15.8 Å². The van der Waals surface area contributed by atoms with Crippen LogP contribution in [0, 0.1) is 0 Å². The van der Waals surface area contributed by atoms with Crippen LogP contribution in [-0.2, 0) is 4.79 Å². The van der Waals surface area contributed by atoms with E-state index >= 15 is 0 Å². The van der Waals surface area contributed by atoms with Gasteiger partial charge in [0, 0.05) is 5.69 Å². The highest BCUT2D eigenvalue weighted by Gasteiger charge is 2.07. The number of benzene rings is 2. The number of para-hydroxylation sites is 1. The maximum absolute atomic E-state index is 11.7. The number of anilines is 2. The molecule has 0 atom stereocenters. The third-order valence-electron chi connectivity index (χ3n) is 2.38.